The van der Waals surface area contributed by atoms with Crippen LogP contribution in [0, 0.1) is 0 Å². The highest BCUT2D eigenvalue weighted by Crippen LogP contribution is 2.20. The first-order valence-corrected chi connectivity index (χ1v) is 5.16. The Hall–Kier alpha value is -1.10. The summed E-state index contributed by atoms with van der Waals surface area (Å²) in [5.74, 6) is 0.444. The molecular formula is C9H11BrN2O2. The number of nitrogens with zero attached hydrogens (tertiary/aromatic N) is 1. The molecule has 14 heavy (non-hydrogen) atoms. The number of alkyl halides is 1. The first kappa shape index (κ1) is 11.0. The Labute approximate surface area is 90.8 Å². The number of hydrogen-bond acceptors (Lipinski definition) is 3. The summed E-state index contributed by atoms with van der Waals surface area (Å²) in [6.45, 7) is 0. The van der Waals surface area contributed by atoms with Gasteiger partial charge in [-0.3, -0.25) is 9.78 Å². The van der Waals surface area contributed by atoms with Crippen molar-refractivity contribution in [3.63, 3.8) is 0 Å². The van der Waals surface area contributed by atoms with Gasteiger partial charge in [0.25, 0.3) is 5.91 Å². The molecule has 0 radical (unpaired) electrons. The number of halogens is 1. The van der Waals surface area contributed by atoms with Crippen LogP contribution in [0.25, 0.3) is 0 Å². The third kappa shape index (κ3) is 2.23. The minimum atomic E-state index is -0.218. The number of pyridine rings is 1. The van der Waals surface area contributed by atoms with Crippen molar-refractivity contribution in [2.24, 2.45) is 0 Å². The number of amides is 1. The van der Waals surface area contributed by atoms with E-state index in [9.17, 15) is 4.79 Å². The van der Waals surface area contributed by atoms with Gasteiger partial charge in [-0.25, -0.2) is 0 Å². The molecule has 0 bridgehead atoms. The smallest absolute Gasteiger partial charge is 0.269 e. The van der Waals surface area contributed by atoms with Crippen LogP contribution >= 0.6 is 15.9 Å². The van der Waals surface area contributed by atoms with Crippen molar-refractivity contribution < 1.29 is 9.53 Å². The number of rotatable bonds is 3. The monoisotopic (exact) mass is 258 g/mol. The van der Waals surface area contributed by atoms with Gasteiger partial charge in [0.2, 0.25) is 0 Å². The molecule has 1 aromatic rings. The molecule has 0 aliphatic carbocycles. The quantitative estimate of drug-likeness (QED) is 0.833. The summed E-state index contributed by atoms with van der Waals surface area (Å²) >= 11 is 3.31. The highest BCUT2D eigenvalue weighted by Gasteiger charge is 2.09. The fourth-order valence-corrected chi connectivity index (χ4v) is 1.43. The molecule has 1 N–H and O–H groups in total. The molecule has 5 heteroatoms. The summed E-state index contributed by atoms with van der Waals surface area (Å²) in [5.41, 5.74) is 1.27. The Morgan fingerprint density at radius 2 is 2.43 bits per heavy atom. The Bertz CT molecular complexity index is 342. The molecule has 1 aromatic heterocycles. The fourth-order valence-electron chi connectivity index (χ4n) is 1.01. The van der Waals surface area contributed by atoms with Crippen molar-refractivity contribution in [1.29, 1.82) is 0 Å². The van der Waals surface area contributed by atoms with E-state index in [-0.39, 0.29) is 5.91 Å². The predicted molar refractivity (Wildman–Crippen MR) is 56.8 cm³/mol. The molecule has 0 unspecified atom stereocenters. The van der Waals surface area contributed by atoms with Crippen molar-refractivity contribution >= 4 is 21.8 Å². The molecule has 1 heterocycles. The lowest BCUT2D eigenvalue weighted by Crippen LogP contribution is -2.19. The molecular weight excluding hydrogens is 248 g/mol. The first-order chi connectivity index (χ1) is 6.72. The summed E-state index contributed by atoms with van der Waals surface area (Å²) in [6, 6.07) is 1.62. The zero-order valence-corrected chi connectivity index (χ0v) is 9.59. The highest BCUT2D eigenvalue weighted by molar-refractivity contribution is 9.08. The number of hydrogen-bond donors (Lipinski definition) is 1. The van der Waals surface area contributed by atoms with Crippen LogP contribution in [0.4, 0.5) is 0 Å². The average Bonchev–Trinajstić information content (AvgIpc) is 2.26. The van der Waals surface area contributed by atoms with Gasteiger partial charge in [0.15, 0.2) is 0 Å². The molecule has 1 rings (SSSR count). The van der Waals surface area contributed by atoms with Gasteiger partial charge in [-0.1, -0.05) is 15.9 Å². The highest BCUT2D eigenvalue weighted by atomic mass is 79.9. The number of carbonyl (C=O) groups excluding carboxylic acids is 1. The second-order valence-electron chi connectivity index (χ2n) is 2.59. The van der Waals surface area contributed by atoms with Gasteiger partial charge in [0, 0.05) is 30.2 Å². The fraction of sp³-hybridized carbons (Fsp3) is 0.333. The van der Waals surface area contributed by atoms with Crippen molar-refractivity contribution in [1.82, 2.24) is 10.3 Å². The van der Waals surface area contributed by atoms with E-state index < -0.39 is 0 Å². The number of ether oxygens (including phenoxy) is 1. The predicted octanol–water partition coefficient (Wildman–Crippen LogP) is 1.34. The van der Waals surface area contributed by atoms with Crippen LogP contribution in [-0.4, -0.2) is 25.0 Å². The molecule has 0 aromatic carbocycles. The summed E-state index contributed by atoms with van der Waals surface area (Å²) in [4.78, 5) is 15.2. The topological polar surface area (TPSA) is 51.2 Å². The number of carbonyl (C=O) groups is 1. The Morgan fingerprint density at radius 1 is 1.71 bits per heavy atom. The third-order valence-corrected chi connectivity index (χ3v) is 2.37. The van der Waals surface area contributed by atoms with Gasteiger partial charge in [0.05, 0.1) is 7.11 Å². The number of nitrogens with one attached hydrogen (secondary N) is 1. The zero-order chi connectivity index (χ0) is 10.6. The molecule has 0 atom stereocenters. The van der Waals surface area contributed by atoms with E-state index in [0.29, 0.717) is 16.8 Å². The lowest BCUT2D eigenvalue weighted by atomic mass is 10.2. The second-order valence-corrected chi connectivity index (χ2v) is 3.15. The van der Waals surface area contributed by atoms with E-state index >= 15 is 0 Å². The van der Waals surface area contributed by atoms with Gasteiger partial charge >= 0.3 is 0 Å². The van der Waals surface area contributed by atoms with Crippen molar-refractivity contribution in [2.75, 3.05) is 14.2 Å². The molecule has 0 aliphatic heterocycles. The second kappa shape index (κ2) is 4.95. The minimum absolute atomic E-state index is 0.218. The zero-order valence-electron chi connectivity index (χ0n) is 8.00. The van der Waals surface area contributed by atoms with Crippen molar-refractivity contribution in [3.8, 4) is 5.75 Å². The SMILES string of the molecule is CNC(=O)c1cc(OC)c(CBr)cn1. The van der Waals surface area contributed by atoms with E-state index in [2.05, 4.69) is 26.2 Å². The maximum atomic E-state index is 11.2. The van der Waals surface area contributed by atoms with Crippen molar-refractivity contribution in [3.05, 3.63) is 23.5 Å². The van der Waals surface area contributed by atoms with E-state index in [1.165, 1.54) is 0 Å². The van der Waals surface area contributed by atoms with Gasteiger partial charge < -0.3 is 10.1 Å². The molecule has 0 aliphatic rings. The van der Waals surface area contributed by atoms with Crippen LogP contribution in [0.5, 0.6) is 5.75 Å². The van der Waals surface area contributed by atoms with E-state index in [4.69, 9.17) is 4.74 Å². The van der Waals surface area contributed by atoms with Gasteiger partial charge in [-0.15, -0.1) is 0 Å². The number of methoxy groups -OCH3 is 1. The lowest BCUT2D eigenvalue weighted by Gasteiger charge is -2.06. The summed E-state index contributed by atoms with van der Waals surface area (Å²) < 4.78 is 5.12. The standard InChI is InChI=1S/C9H11BrN2O2/c1-11-9(13)7-3-8(14-2)6(4-10)5-12-7/h3,5H,4H2,1-2H3,(H,11,13). The van der Waals surface area contributed by atoms with E-state index in [1.54, 1.807) is 26.4 Å². The summed E-state index contributed by atoms with van der Waals surface area (Å²) in [7, 11) is 3.13. The molecule has 0 saturated carbocycles. The molecule has 0 saturated heterocycles. The number of aromatic nitrogens is 1. The third-order valence-electron chi connectivity index (χ3n) is 1.77. The largest absolute Gasteiger partial charge is 0.496 e. The van der Waals surface area contributed by atoms with E-state index in [0.717, 1.165) is 5.56 Å². The Balaban J connectivity index is 3.07. The molecule has 76 valence electrons. The minimum Gasteiger partial charge on any atom is -0.496 e. The van der Waals surface area contributed by atoms with Crippen LogP contribution in [0.2, 0.25) is 0 Å². The van der Waals surface area contributed by atoms with Crippen LogP contribution in [0.3, 0.4) is 0 Å². The maximum Gasteiger partial charge on any atom is 0.269 e. The summed E-state index contributed by atoms with van der Waals surface area (Å²) in [6.07, 6.45) is 1.62. The van der Waals surface area contributed by atoms with Crippen LogP contribution in [0.1, 0.15) is 16.1 Å². The Morgan fingerprint density at radius 3 is 2.93 bits per heavy atom. The van der Waals surface area contributed by atoms with E-state index in [1.807, 2.05) is 0 Å². The lowest BCUT2D eigenvalue weighted by molar-refractivity contribution is 0.0958. The van der Waals surface area contributed by atoms with Gasteiger partial charge in [0.1, 0.15) is 11.4 Å². The molecule has 4 nitrogen and oxygen atoms in total. The first-order valence-electron chi connectivity index (χ1n) is 4.04. The molecule has 0 spiro atoms. The van der Waals surface area contributed by atoms with Crippen molar-refractivity contribution in [2.45, 2.75) is 5.33 Å². The van der Waals surface area contributed by atoms with Crippen LogP contribution in [0.15, 0.2) is 12.3 Å². The maximum absolute atomic E-state index is 11.2. The van der Waals surface area contributed by atoms with Crippen LogP contribution < -0.4 is 10.1 Å². The van der Waals surface area contributed by atoms with Gasteiger partial charge in [-0.2, -0.15) is 0 Å². The van der Waals surface area contributed by atoms with Gasteiger partial charge in [-0.05, 0) is 0 Å². The molecule has 0 fully saturated rings. The molecule has 1 amide bonds. The Kier molecular flexibility index (Phi) is 3.88. The average molecular weight is 259 g/mol. The van der Waals surface area contributed by atoms with Crippen LogP contribution in [-0.2, 0) is 5.33 Å². The summed E-state index contributed by atoms with van der Waals surface area (Å²) in [5, 5.41) is 3.15. The normalized spacial score (nSPS) is 9.64.